The molecule has 5 heteroatoms. The van der Waals surface area contributed by atoms with E-state index in [1.54, 1.807) is 6.20 Å². The topological polar surface area (TPSA) is 88.6 Å². The maximum absolute atomic E-state index is 9.48. The van der Waals surface area contributed by atoms with Gasteiger partial charge >= 0.3 is 0 Å². The Balaban J connectivity index is 2.20. The van der Waals surface area contributed by atoms with Crippen molar-refractivity contribution < 1.29 is 0 Å². The Hall–Kier alpha value is -2.92. The van der Waals surface area contributed by atoms with Crippen LogP contribution in [-0.2, 0) is 0 Å². The second-order valence-electron chi connectivity index (χ2n) is 5.17. The third-order valence-corrected chi connectivity index (χ3v) is 3.91. The van der Waals surface area contributed by atoms with Gasteiger partial charge in [-0.3, -0.25) is 10.1 Å². The van der Waals surface area contributed by atoms with Crippen LogP contribution in [0.15, 0.2) is 40.7 Å². The molecule has 5 nitrogen and oxygen atoms in total. The molecule has 2 aromatic rings. The van der Waals surface area contributed by atoms with Crippen molar-refractivity contribution in [3.8, 4) is 12.1 Å². The van der Waals surface area contributed by atoms with Crippen LogP contribution in [0.3, 0.4) is 0 Å². The number of aromatic amines is 1. The molecule has 1 aliphatic heterocycles. The van der Waals surface area contributed by atoms with Crippen LogP contribution < -0.4 is 0 Å². The minimum absolute atomic E-state index is 0.273. The minimum Gasteiger partial charge on any atom is -0.278 e. The zero-order valence-corrected chi connectivity index (χ0v) is 11.8. The molecule has 1 aromatic carbocycles. The lowest BCUT2D eigenvalue weighted by Gasteiger charge is -2.26. The molecule has 102 valence electrons. The Morgan fingerprint density at radius 1 is 1.24 bits per heavy atom. The number of fused-ring (bicyclic) bond motifs is 1. The summed E-state index contributed by atoms with van der Waals surface area (Å²) in [5, 5.41) is 26.9. The highest BCUT2D eigenvalue weighted by molar-refractivity contribution is 5.91. The Morgan fingerprint density at radius 2 is 2.05 bits per heavy atom. The smallest absolute Gasteiger partial charge is 0.0973 e. The summed E-state index contributed by atoms with van der Waals surface area (Å²) in [4.78, 5) is 4.35. The number of nitrogens with zero attached hydrogens (tertiary/aromatic N) is 4. The maximum Gasteiger partial charge on any atom is 0.0973 e. The van der Waals surface area contributed by atoms with E-state index in [4.69, 9.17) is 0 Å². The fraction of sp³-hybridized carbons (Fsp3) is 0.250. The SMILES string of the molecule is CC1=NC(C)=C(C#N)C(c2ccc3cn[nH]c3c2)C1C#N. The summed E-state index contributed by atoms with van der Waals surface area (Å²) in [6, 6.07) is 10.4. The van der Waals surface area contributed by atoms with Crippen LogP contribution in [0.2, 0.25) is 0 Å². The predicted octanol–water partition coefficient (Wildman–Crippen LogP) is 3.06. The summed E-state index contributed by atoms with van der Waals surface area (Å²) in [6.45, 7) is 3.66. The van der Waals surface area contributed by atoms with E-state index < -0.39 is 5.92 Å². The highest BCUT2D eigenvalue weighted by Gasteiger charge is 2.33. The maximum atomic E-state index is 9.48. The van der Waals surface area contributed by atoms with Crippen LogP contribution >= 0.6 is 0 Å². The lowest BCUT2D eigenvalue weighted by atomic mass is 9.77. The van der Waals surface area contributed by atoms with E-state index in [0.29, 0.717) is 11.3 Å². The number of allylic oxidation sites excluding steroid dienone is 2. The van der Waals surface area contributed by atoms with E-state index in [2.05, 4.69) is 27.3 Å². The Kier molecular flexibility index (Phi) is 3.04. The van der Waals surface area contributed by atoms with Crippen LogP contribution in [0.5, 0.6) is 0 Å². The Labute approximate surface area is 122 Å². The number of rotatable bonds is 1. The van der Waals surface area contributed by atoms with E-state index in [0.717, 1.165) is 22.2 Å². The van der Waals surface area contributed by atoms with E-state index in [-0.39, 0.29) is 5.92 Å². The molecule has 1 N–H and O–H groups in total. The molecule has 0 saturated carbocycles. The van der Waals surface area contributed by atoms with Gasteiger partial charge in [-0.1, -0.05) is 12.1 Å². The monoisotopic (exact) mass is 275 g/mol. The molecule has 0 radical (unpaired) electrons. The van der Waals surface area contributed by atoms with Crippen molar-refractivity contribution in [2.24, 2.45) is 10.9 Å². The first-order valence-corrected chi connectivity index (χ1v) is 6.64. The van der Waals surface area contributed by atoms with Crippen molar-refractivity contribution in [3.05, 3.63) is 41.2 Å². The molecule has 21 heavy (non-hydrogen) atoms. The fourth-order valence-electron chi connectivity index (χ4n) is 2.85. The first-order valence-electron chi connectivity index (χ1n) is 6.64. The molecule has 0 amide bonds. The molecule has 2 unspecified atom stereocenters. The quantitative estimate of drug-likeness (QED) is 0.867. The van der Waals surface area contributed by atoms with Crippen LogP contribution in [0.25, 0.3) is 10.9 Å². The van der Waals surface area contributed by atoms with E-state index >= 15 is 0 Å². The van der Waals surface area contributed by atoms with Gasteiger partial charge in [0, 0.05) is 17.0 Å². The van der Waals surface area contributed by atoms with Crippen molar-refractivity contribution in [2.75, 3.05) is 0 Å². The van der Waals surface area contributed by atoms with Gasteiger partial charge in [0.1, 0.15) is 0 Å². The molecular weight excluding hydrogens is 262 g/mol. The van der Waals surface area contributed by atoms with Gasteiger partial charge in [-0.2, -0.15) is 15.6 Å². The molecule has 2 heterocycles. The fourth-order valence-corrected chi connectivity index (χ4v) is 2.85. The molecule has 0 bridgehead atoms. The van der Waals surface area contributed by atoms with Crippen molar-refractivity contribution in [2.45, 2.75) is 19.8 Å². The number of H-pyrrole nitrogens is 1. The third kappa shape index (κ3) is 2.00. The molecule has 1 aromatic heterocycles. The van der Waals surface area contributed by atoms with Crippen LogP contribution in [-0.4, -0.2) is 15.9 Å². The van der Waals surface area contributed by atoms with E-state index in [1.807, 2.05) is 32.0 Å². The number of benzene rings is 1. The van der Waals surface area contributed by atoms with Gasteiger partial charge in [-0.15, -0.1) is 0 Å². The molecule has 2 atom stereocenters. The van der Waals surface area contributed by atoms with Gasteiger partial charge in [-0.05, 0) is 25.5 Å². The third-order valence-electron chi connectivity index (χ3n) is 3.91. The van der Waals surface area contributed by atoms with E-state index in [1.165, 1.54) is 0 Å². The predicted molar refractivity (Wildman–Crippen MR) is 79.4 cm³/mol. The minimum atomic E-state index is -0.413. The summed E-state index contributed by atoms with van der Waals surface area (Å²) in [5.41, 5.74) is 3.84. The van der Waals surface area contributed by atoms with Crippen molar-refractivity contribution in [1.82, 2.24) is 10.2 Å². The second kappa shape index (κ2) is 4.88. The molecule has 0 fully saturated rings. The molecule has 0 spiro atoms. The molecule has 1 aliphatic rings. The summed E-state index contributed by atoms with van der Waals surface area (Å²) in [6.07, 6.45) is 1.75. The van der Waals surface area contributed by atoms with Crippen molar-refractivity contribution in [3.63, 3.8) is 0 Å². The first kappa shape index (κ1) is 13.1. The average Bonchev–Trinajstić information content (AvgIpc) is 2.93. The van der Waals surface area contributed by atoms with Gasteiger partial charge in [0.2, 0.25) is 0 Å². The van der Waals surface area contributed by atoms with Gasteiger partial charge in [0.05, 0.1) is 41.0 Å². The van der Waals surface area contributed by atoms with Crippen LogP contribution in [0.1, 0.15) is 25.3 Å². The highest BCUT2D eigenvalue weighted by Crippen LogP contribution is 2.38. The largest absolute Gasteiger partial charge is 0.278 e. The number of hydrogen-bond donors (Lipinski definition) is 1. The number of nitriles is 2. The van der Waals surface area contributed by atoms with Crippen LogP contribution in [0, 0.1) is 28.6 Å². The Bertz CT molecular complexity index is 857. The summed E-state index contributed by atoms with van der Waals surface area (Å²) in [7, 11) is 0. The van der Waals surface area contributed by atoms with Crippen molar-refractivity contribution >= 4 is 16.6 Å². The number of nitrogens with one attached hydrogen (secondary N) is 1. The Morgan fingerprint density at radius 3 is 2.76 bits per heavy atom. The highest BCUT2D eigenvalue weighted by atomic mass is 15.1. The van der Waals surface area contributed by atoms with Crippen molar-refractivity contribution in [1.29, 1.82) is 10.5 Å². The van der Waals surface area contributed by atoms with Gasteiger partial charge < -0.3 is 0 Å². The number of hydrogen-bond acceptors (Lipinski definition) is 4. The number of aliphatic imine (C=N–C) groups is 1. The molecule has 3 rings (SSSR count). The molecular formula is C16H13N5. The van der Waals surface area contributed by atoms with E-state index in [9.17, 15) is 10.5 Å². The van der Waals surface area contributed by atoms with Gasteiger partial charge in [-0.25, -0.2) is 0 Å². The molecule has 0 saturated heterocycles. The average molecular weight is 275 g/mol. The van der Waals surface area contributed by atoms with Gasteiger partial charge in [0.25, 0.3) is 0 Å². The molecule has 0 aliphatic carbocycles. The zero-order valence-electron chi connectivity index (χ0n) is 11.8. The summed E-state index contributed by atoms with van der Waals surface area (Å²) >= 11 is 0. The summed E-state index contributed by atoms with van der Waals surface area (Å²) in [5.74, 6) is -0.686. The first-order chi connectivity index (χ1) is 10.2. The summed E-state index contributed by atoms with van der Waals surface area (Å²) < 4.78 is 0. The lowest BCUT2D eigenvalue weighted by molar-refractivity contribution is 0.704. The zero-order chi connectivity index (χ0) is 15.0. The van der Waals surface area contributed by atoms with Gasteiger partial charge in [0.15, 0.2) is 0 Å². The lowest BCUT2D eigenvalue weighted by Crippen LogP contribution is -2.24. The number of aromatic nitrogens is 2. The second-order valence-corrected chi connectivity index (χ2v) is 5.17. The standard InChI is InChI=1S/C16H13N5/c1-9-13(6-17)16(14(7-18)10(2)20-9)11-3-4-12-8-19-21-15(12)5-11/h3-5,8,13,16H,1-2H3,(H,19,21). The van der Waals surface area contributed by atoms with Crippen LogP contribution in [0.4, 0.5) is 0 Å². The normalized spacial score (nSPS) is 21.8.